The molecule has 0 atom stereocenters. The van der Waals surface area contributed by atoms with Crippen molar-refractivity contribution in [1.29, 1.82) is 5.26 Å². The lowest BCUT2D eigenvalue weighted by Gasteiger charge is -2.19. The SMILES string of the molecule is CCN(CCC#N)C(=O)c1cc(F)cc([N+](=O)[O-])c1F. The Morgan fingerprint density at radius 3 is 2.65 bits per heavy atom. The number of amides is 1. The predicted molar refractivity (Wildman–Crippen MR) is 64.8 cm³/mol. The molecule has 0 aliphatic carbocycles. The summed E-state index contributed by atoms with van der Waals surface area (Å²) in [5, 5.41) is 19.1. The summed E-state index contributed by atoms with van der Waals surface area (Å²) in [6, 6.07) is 2.85. The van der Waals surface area contributed by atoms with Gasteiger partial charge in [0.2, 0.25) is 5.82 Å². The van der Waals surface area contributed by atoms with Crippen molar-refractivity contribution >= 4 is 11.6 Å². The number of halogens is 2. The van der Waals surface area contributed by atoms with Crippen molar-refractivity contribution < 1.29 is 18.5 Å². The number of rotatable bonds is 5. The van der Waals surface area contributed by atoms with Crippen molar-refractivity contribution in [2.24, 2.45) is 0 Å². The minimum atomic E-state index is -1.38. The minimum absolute atomic E-state index is 0.0264. The molecule has 0 fully saturated rings. The Kier molecular flexibility index (Phi) is 5.08. The van der Waals surface area contributed by atoms with E-state index >= 15 is 0 Å². The predicted octanol–water partition coefficient (Wildman–Crippen LogP) is 2.25. The van der Waals surface area contributed by atoms with E-state index in [0.29, 0.717) is 12.1 Å². The first kappa shape index (κ1) is 15.5. The Morgan fingerprint density at radius 2 is 2.15 bits per heavy atom. The molecule has 0 unspecified atom stereocenters. The van der Waals surface area contributed by atoms with Gasteiger partial charge in [-0.3, -0.25) is 14.9 Å². The molecule has 0 aliphatic heterocycles. The molecule has 0 N–H and O–H groups in total. The van der Waals surface area contributed by atoms with Crippen molar-refractivity contribution in [3.63, 3.8) is 0 Å². The number of nitriles is 1. The van der Waals surface area contributed by atoms with E-state index in [-0.39, 0.29) is 19.5 Å². The lowest BCUT2D eigenvalue weighted by Crippen LogP contribution is -2.32. The zero-order valence-corrected chi connectivity index (χ0v) is 10.6. The van der Waals surface area contributed by atoms with Crippen LogP contribution in [0.5, 0.6) is 0 Å². The molecule has 1 amide bonds. The first-order valence-electron chi connectivity index (χ1n) is 5.72. The highest BCUT2D eigenvalue weighted by Crippen LogP contribution is 2.23. The van der Waals surface area contributed by atoms with Crippen LogP contribution in [0.2, 0.25) is 0 Å². The van der Waals surface area contributed by atoms with Crippen LogP contribution in [-0.2, 0) is 0 Å². The first-order valence-corrected chi connectivity index (χ1v) is 5.72. The van der Waals surface area contributed by atoms with E-state index < -0.39 is 33.7 Å². The van der Waals surface area contributed by atoms with Gasteiger partial charge in [-0.05, 0) is 13.0 Å². The van der Waals surface area contributed by atoms with Gasteiger partial charge in [-0.25, -0.2) is 4.39 Å². The van der Waals surface area contributed by atoms with E-state index in [4.69, 9.17) is 5.26 Å². The molecule has 6 nitrogen and oxygen atoms in total. The van der Waals surface area contributed by atoms with E-state index in [1.165, 1.54) is 0 Å². The molecule has 8 heteroatoms. The molecular weight excluding hydrogens is 272 g/mol. The van der Waals surface area contributed by atoms with Crippen LogP contribution in [0.1, 0.15) is 23.7 Å². The van der Waals surface area contributed by atoms with Gasteiger partial charge in [-0.2, -0.15) is 9.65 Å². The van der Waals surface area contributed by atoms with E-state index in [2.05, 4.69) is 0 Å². The summed E-state index contributed by atoms with van der Waals surface area (Å²) in [6.07, 6.45) is 0.0264. The maximum absolute atomic E-state index is 13.9. The normalized spacial score (nSPS) is 9.90. The average molecular weight is 283 g/mol. The molecular formula is C12H11F2N3O3. The molecule has 0 saturated carbocycles. The van der Waals surface area contributed by atoms with Gasteiger partial charge in [0.05, 0.1) is 29.0 Å². The lowest BCUT2D eigenvalue weighted by molar-refractivity contribution is -0.387. The van der Waals surface area contributed by atoms with E-state index in [9.17, 15) is 23.7 Å². The number of nitro groups is 1. The number of carbonyl (C=O) groups is 1. The van der Waals surface area contributed by atoms with Crippen LogP contribution in [-0.4, -0.2) is 28.8 Å². The van der Waals surface area contributed by atoms with E-state index in [0.717, 1.165) is 4.90 Å². The van der Waals surface area contributed by atoms with Crippen molar-refractivity contribution in [2.75, 3.05) is 13.1 Å². The monoisotopic (exact) mass is 283 g/mol. The molecule has 1 aromatic rings. The summed E-state index contributed by atoms with van der Waals surface area (Å²) in [5.41, 5.74) is -1.80. The fourth-order valence-electron chi connectivity index (χ4n) is 1.62. The zero-order valence-electron chi connectivity index (χ0n) is 10.6. The highest BCUT2D eigenvalue weighted by atomic mass is 19.1. The fraction of sp³-hybridized carbons (Fsp3) is 0.333. The second kappa shape index (κ2) is 6.56. The van der Waals surface area contributed by atoms with E-state index in [1.54, 1.807) is 6.92 Å². The first-order chi connectivity index (χ1) is 9.42. The molecule has 1 aromatic carbocycles. The van der Waals surface area contributed by atoms with Crippen LogP contribution in [0.3, 0.4) is 0 Å². The molecule has 0 aromatic heterocycles. The van der Waals surface area contributed by atoms with Crippen LogP contribution in [0.4, 0.5) is 14.5 Å². The number of nitro benzene ring substituents is 1. The summed E-state index contributed by atoms with van der Waals surface area (Å²) in [4.78, 5) is 22.6. The minimum Gasteiger partial charge on any atom is -0.338 e. The van der Waals surface area contributed by atoms with Gasteiger partial charge in [0, 0.05) is 13.1 Å². The van der Waals surface area contributed by atoms with Gasteiger partial charge >= 0.3 is 5.69 Å². The number of hydrogen-bond donors (Lipinski definition) is 0. The second-order valence-corrected chi connectivity index (χ2v) is 3.84. The molecule has 0 heterocycles. The molecule has 0 radical (unpaired) electrons. The smallest absolute Gasteiger partial charge is 0.308 e. The van der Waals surface area contributed by atoms with E-state index in [1.807, 2.05) is 6.07 Å². The van der Waals surface area contributed by atoms with Crippen LogP contribution in [0, 0.1) is 33.1 Å². The highest BCUT2D eigenvalue weighted by molar-refractivity contribution is 5.95. The number of carbonyl (C=O) groups excluding carboxylic acids is 1. The lowest BCUT2D eigenvalue weighted by atomic mass is 10.1. The molecule has 0 bridgehead atoms. The van der Waals surface area contributed by atoms with Crippen molar-refractivity contribution in [3.05, 3.63) is 39.4 Å². The quantitative estimate of drug-likeness (QED) is 0.612. The molecule has 0 aliphatic rings. The summed E-state index contributed by atoms with van der Waals surface area (Å²) >= 11 is 0. The topological polar surface area (TPSA) is 87.2 Å². The van der Waals surface area contributed by atoms with Crippen LogP contribution < -0.4 is 0 Å². The standard InChI is InChI=1S/C12H11F2N3O3/c1-2-16(5-3-4-15)12(18)9-6-8(13)7-10(11(9)14)17(19)20/h6-7H,2-3,5H2,1H3. The number of nitrogens with zero attached hydrogens (tertiary/aromatic N) is 3. The van der Waals surface area contributed by atoms with Crippen LogP contribution in [0.25, 0.3) is 0 Å². The molecule has 1 rings (SSSR count). The van der Waals surface area contributed by atoms with Crippen LogP contribution >= 0.6 is 0 Å². The number of benzene rings is 1. The summed E-state index contributed by atoms with van der Waals surface area (Å²) < 4.78 is 27.1. The summed E-state index contributed by atoms with van der Waals surface area (Å²) in [5.74, 6) is -3.34. The zero-order chi connectivity index (χ0) is 15.3. The Morgan fingerprint density at radius 1 is 1.50 bits per heavy atom. The third kappa shape index (κ3) is 3.26. The van der Waals surface area contributed by atoms with Gasteiger partial charge in [0.1, 0.15) is 5.82 Å². The Hall–Kier alpha value is -2.56. The van der Waals surface area contributed by atoms with Crippen molar-refractivity contribution in [2.45, 2.75) is 13.3 Å². The Balaban J connectivity index is 3.21. The third-order valence-corrected chi connectivity index (χ3v) is 2.61. The molecule has 0 spiro atoms. The second-order valence-electron chi connectivity index (χ2n) is 3.84. The van der Waals surface area contributed by atoms with Gasteiger partial charge in [0.15, 0.2) is 0 Å². The third-order valence-electron chi connectivity index (χ3n) is 2.61. The fourth-order valence-corrected chi connectivity index (χ4v) is 1.62. The Labute approximate surface area is 113 Å². The van der Waals surface area contributed by atoms with Gasteiger partial charge in [0.25, 0.3) is 5.91 Å². The van der Waals surface area contributed by atoms with Crippen LogP contribution in [0.15, 0.2) is 12.1 Å². The van der Waals surface area contributed by atoms with Gasteiger partial charge in [-0.1, -0.05) is 0 Å². The van der Waals surface area contributed by atoms with Crippen molar-refractivity contribution in [3.8, 4) is 6.07 Å². The molecule has 106 valence electrons. The van der Waals surface area contributed by atoms with Crippen molar-refractivity contribution in [1.82, 2.24) is 4.90 Å². The maximum Gasteiger partial charge on any atom is 0.308 e. The summed E-state index contributed by atoms with van der Waals surface area (Å²) in [7, 11) is 0. The van der Waals surface area contributed by atoms with Gasteiger partial charge in [-0.15, -0.1) is 0 Å². The highest BCUT2D eigenvalue weighted by Gasteiger charge is 2.26. The number of hydrogen-bond acceptors (Lipinski definition) is 4. The largest absolute Gasteiger partial charge is 0.338 e. The Bertz CT molecular complexity index is 584. The molecule has 20 heavy (non-hydrogen) atoms. The molecule has 0 saturated heterocycles. The average Bonchev–Trinajstić information content (AvgIpc) is 2.41. The van der Waals surface area contributed by atoms with Gasteiger partial charge < -0.3 is 4.90 Å². The summed E-state index contributed by atoms with van der Waals surface area (Å²) in [6.45, 7) is 1.81. The maximum atomic E-state index is 13.9.